The molecule has 2 heterocycles. The first-order chi connectivity index (χ1) is 15.6. The van der Waals surface area contributed by atoms with Gasteiger partial charge in [0.2, 0.25) is 5.91 Å². The Kier molecular flexibility index (Phi) is 6.75. The quantitative estimate of drug-likeness (QED) is 0.503. The molecular weight excluding hydrogens is 394 g/mol. The Morgan fingerprint density at radius 1 is 0.969 bits per heavy atom. The topological polar surface area (TPSA) is 49.0 Å². The largest absolute Gasteiger partial charge is 0.343 e. The summed E-state index contributed by atoms with van der Waals surface area (Å²) in [5.41, 5.74) is 8.03. The van der Waals surface area contributed by atoms with E-state index in [1.165, 1.54) is 23.1 Å². The van der Waals surface area contributed by atoms with Crippen molar-refractivity contribution in [2.24, 2.45) is 0 Å². The molecule has 2 aromatic carbocycles. The summed E-state index contributed by atoms with van der Waals surface area (Å²) in [5, 5.41) is 9.00. The van der Waals surface area contributed by atoms with Gasteiger partial charge in [-0.15, -0.1) is 0 Å². The summed E-state index contributed by atoms with van der Waals surface area (Å²) in [6.45, 7) is 6.05. The Hall–Kier alpha value is -3.32. The van der Waals surface area contributed by atoms with Gasteiger partial charge in [-0.1, -0.05) is 35.9 Å². The van der Waals surface area contributed by atoms with Crippen molar-refractivity contribution in [3.63, 3.8) is 0 Å². The van der Waals surface area contributed by atoms with Crippen LogP contribution in [-0.2, 0) is 17.6 Å². The number of nitrogens with zero attached hydrogens (tertiary/aromatic N) is 3. The molecular formula is C28H31N3O. The van der Waals surface area contributed by atoms with Crippen molar-refractivity contribution >= 4 is 5.91 Å². The number of carbonyl (C=O) groups is 1. The van der Waals surface area contributed by atoms with E-state index in [0.717, 1.165) is 48.6 Å². The molecule has 4 rings (SSSR count). The summed E-state index contributed by atoms with van der Waals surface area (Å²) in [5.74, 6) is 0.259. The number of aromatic nitrogens is 1. The Morgan fingerprint density at radius 2 is 1.72 bits per heavy atom. The Bertz CT molecular complexity index is 1130. The van der Waals surface area contributed by atoms with Crippen molar-refractivity contribution in [1.29, 1.82) is 5.26 Å². The molecule has 1 aliphatic rings. The molecule has 1 saturated heterocycles. The van der Waals surface area contributed by atoms with Crippen molar-refractivity contribution in [3.8, 4) is 23.0 Å². The predicted molar refractivity (Wildman–Crippen MR) is 129 cm³/mol. The number of rotatable bonds is 6. The maximum Gasteiger partial charge on any atom is 0.222 e. The molecule has 1 aromatic heterocycles. The van der Waals surface area contributed by atoms with Crippen molar-refractivity contribution < 1.29 is 4.79 Å². The van der Waals surface area contributed by atoms with Crippen LogP contribution in [0.4, 0.5) is 0 Å². The molecule has 0 unspecified atom stereocenters. The van der Waals surface area contributed by atoms with E-state index in [-0.39, 0.29) is 5.91 Å². The van der Waals surface area contributed by atoms with Gasteiger partial charge in [-0.2, -0.15) is 5.26 Å². The zero-order valence-corrected chi connectivity index (χ0v) is 19.1. The Labute approximate surface area is 191 Å². The van der Waals surface area contributed by atoms with Gasteiger partial charge in [0.05, 0.1) is 18.2 Å². The highest BCUT2D eigenvalue weighted by Gasteiger charge is 2.19. The van der Waals surface area contributed by atoms with Crippen LogP contribution < -0.4 is 0 Å². The van der Waals surface area contributed by atoms with E-state index in [0.29, 0.717) is 19.3 Å². The van der Waals surface area contributed by atoms with Crippen LogP contribution in [0.25, 0.3) is 16.9 Å². The van der Waals surface area contributed by atoms with Gasteiger partial charge < -0.3 is 9.47 Å². The number of hydrogen-bond acceptors (Lipinski definition) is 2. The van der Waals surface area contributed by atoms with E-state index >= 15 is 0 Å². The Morgan fingerprint density at radius 3 is 2.41 bits per heavy atom. The van der Waals surface area contributed by atoms with Crippen LogP contribution in [0.5, 0.6) is 0 Å². The predicted octanol–water partition coefficient (Wildman–Crippen LogP) is 5.77. The number of hydrogen-bond donors (Lipinski definition) is 0. The lowest BCUT2D eigenvalue weighted by Gasteiger charge is -2.26. The third kappa shape index (κ3) is 4.78. The average Bonchev–Trinajstić information content (AvgIpc) is 3.22. The SMILES string of the molecule is Cc1ccc(-c2ccc(CCC(=O)N3CCCCC3)n2-c2ccc(CC#N)cc2)c(C)c1. The number of amides is 1. The molecule has 0 radical (unpaired) electrons. The average molecular weight is 426 g/mol. The highest BCUT2D eigenvalue weighted by Crippen LogP contribution is 2.30. The standard InChI is InChI=1S/C28H31N3O/c1-21-6-13-26(22(2)20-21)27-14-11-25(12-15-28(32)30-18-4-3-5-19-30)31(27)24-9-7-23(8-10-24)16-17-29/h6-11,13-14,20H,3-5,12,15-16,18-19H2,1-2H3. The second-order valence-electron chi connectivity index (χ2n) is 8.81. The zero-order chi connectivity index (χ0) is 22.5. The van der Waals surface area contributed by atoms with Crippen LogP contribution in [0.2, 0.25) is 0 Å². The normalized spacial score (nSPS) is 13.7. The van der Waals surface area contributed by atoms with E-state index in [2.05, 4.69) is 66.9 Å². The molecule has 0 saturated carbocycles. The summed E-state index contributed by atoms with van der Waals surface area (Å²) in [6.07, 6.45) is 5.12. The van der Waals surface area contributed by atoms with Crippen LogP contribution in [0.1, 0.15) is 48.1 Å². The maximum atomic E-state index is 12.8. The summed E-state index contributed by atoms with van der Waals surface area (Å²) in [6, 6.07) is 21.3. The summed E-state index contributed by atoms with van der Waals surface area (Å²) in [4.78, 5) is 14.8. The molecule has 0 N–H and O–H groups in total. The summed E-state index contributed by atoms with van der Waals surface area (Å²) >= 11 is 0. The zero-order valence-electron chi connectivity index (χ0n) is 19.1. The highest BCUT2D eigenvalue weighted by molar-refractivity contribution is 5.76. The third-order valence-electron chi connectivity index (χ3n) is 6.40. The van der Waals surface area contributed by atoms with Gasteiger partial charge >= 0.3 is 0 Å². The number of carbonyl (C=O) groups excluding carboxylic acids is 1. The highest BCUT2D eigenvalue weighted by atomic mass is 16.2. The molecule has 1 fully saturated rings. The minimum Gasteiger partial charge on any atom is -0.343 e. The van der Waals surface area contributed by atoms with Crippen LogP contribution in [0.15, 0.2) is 54.6 Å². The minimum atomic E-state index is 0.259. The van der Waals surface area contributed by atoms with Crippen LogP contribution in [0, 0.1) is 25.2 Å². The fourth-order valence-electron chi connectivity index (χ4n) is 4.68. The van der Waals surface area contributed by atoms with Crippen LogP contribution in [0.3, 0.4) is 0 Å². The molecule has 0 spiro atoms. The smallest absolute Gasteiger partial charge is 0.222 e. The lowest BCUT2D eigenvalue weighted by molar-refractivity contribution is -0.132. The molecule has 0 bridgehead atoms. The first-order valence-corrected chi connectivity index (χ1v) is 11.6. The molecule has 32 heavy (non-hydrogen) atoms. The van der Waals surface area contributed by atoms with Gasteiger partial charge in [-0.3, -0.25) is 4.79 Å². The number of aryl methyl sites for hydroxylation is 3. The molecule has 1 aliphatic heterocycles. The number of nitriles is 1. The molecule has 1 amide bonds. The van der Waals surface area contributed by atoms with Gasteiger partial charge in [0.25, 0.3) is 0 Å². The molecule has 4 heteroatoms. The number of likely N-dealkylation sites (tertiary alicyclic amines) is 1. The van der Waals surface area contributed by atoms with Gasteiger partial charge in [0.15, 0.2) is 0 Å². The van der Waals surface area contributed by atoms with Gasteiger partial charge in [0, 0.05) is 36.5 Å². The van der Waals surface area contributed by atoms with Gasteiger partial charge in [-0.05, 0) is 74.9 Å². The summed E-state index contributed by atoms with van der Waals surface area (Å²) < 4.78 is 2.28. The summed E-state index contributed by atoms with van der Waals surface area (Å²) in [7, 11) is 0. The Balaban J connectivity index is 1.67. The third-order valence-corrected chi connectivity index (χ3v) is 6.40. The fraction of sp³-hybridized carbons (Fsp3) is 0.357. The first kappa shape index (κ1) is 21.9. The second kappa shape index (κ2) is 9.87. The molecule has 164 valence electrons. The van der Waals surface area contributed by atoms with E-state index in [1.54, 1.807) is 0 Å². The van der Waals surface area contributed by atoms with Crippen molar-refractivity contribution in [2.75, 3.05) is 13.1 Å². The van der Waals surface area contributed by atoms with Crippen molar-refractivity contribution in [2.45, 2.75) is 52.4 Å². The van der Waals surface area contributed by atoms with Crippen molar-refractivity contribution in [1.82, 2.24) is 9.47 Å². The molecule has 0 aliphatic carbocycles. The van der Waals surface area contributed by atoms with E-state index < -0.39 is 0 Å². The molecule has 0 atom stereocenters. The maximum absolute atomic E-state index is 12.8. The van der Waals surface area contributed by atoms with Gasteiger partial charge in [0.1, 0.15) is 0 Å². The fourth-order valence-corrected chi connectivity index (χ4v) is 4.68. The second-order valence-corrected chi connectivity index (χ2v) is 8.81. The van der Waals surface area contributed by atoms with E-state index in [9.17, 15) is 4.79 Å². The van der Waals surface area contributed by atoms with E-state index in [1.807, 2.05) is 17.0 Å². The monoisotopic (exact) mass is 425 g/mol. The lowest BCUT2D eigenvalue weighted by Crippen LogP contribution is -2.35. The molecule has 3 aromatic rings. The number of benzene rings is 2. The lowest BCUT2D eigenvalue weighted by atomic mass is 10.0. The minimum absolute atomic E-state index is 0.259. The van der Waals surface area contributed by atoms with Gasteiger partial charge in [-0.25, -0.2) is 0 Å². The van der Waals surface area contributed by atoms with E-state index in [4.69, 9.17) is 5.26 Å². The first-order valence-electron chi connectivity index (χ1n) is 11.6. The van der Waals surface area contributed by atoms with Crippen LogP contribution in [-0.4, -0.2) is 28.5 Å². The van der Waals surface area contributed by atoms with Crippen LogP contribution >= 0.6 is 0 Å². The number of piperidine rings is 1. The molecule has 4 nitrogen and oxygen atoms in total. The van der Waals surface area contributed by atoms with Crippen molar-refractivity contribution in [3.05, 3.63) is 77.0 Å².